The summed E-state index contributed by atoms with van der Waals surface area (Å²) < 4.78 is 4.98. The van der Waals surface area contributed by atoms with Crippen LogP contribution in [0.2, 0.25) is 0 Å². The number of nitrogens with one attached hydrogen (secondary N) is 1. The van der Waals surface area contributed by atoms with Crippen molar-refractivity contribution in [1.82, 2.24) is 5.32 Å². The van der Waals surface area contributed by atoms with Crippen LogP contribution in [-0.4, -0.2) is 37.5 Å². The molecule has 3 nitrogen and oxygen atoms in total. The molecule has 1 rings (SSSR count). The van der Waals surface area contributed by atoms with Crippen LogP contribution in [0.1, 0.15) is 38.5 Å². The molecule has 84 valence electrons. The molecule has 3 heteroatoms. The van der Waals surface area contributed by atoms with Gasteiger partial charge in [-0.25, -0.2) is 0 Å². The lowest BCUT2D eigenvalue weighted by Crippen LogP contribution is -2.36. The number of hydrogen-bond acceptors (Lipinski definition) is 3. The maximum Gasteiger partial charge on any atom is 0.0693 e. The lowest BCUT2D eigenvalue weighted by atomic mass is 10.2. The SMILES string of the molecule is COCCCCCNC1CCCC1O. The van der Waals surface area contributed by atoms with E-state index < -0.39 is 0 Å². The summed E-state index contributed by atoms with van der Waals surface area (Å²) in [5.41, 5.74) is 0. The molecular formula is C11H23NO2. The van der Waals surface area contributed by atoms with Crippen LogP contribution in [0.3, 0.4) is 0 Å². The van der Waals surface area contributed by atoms with E-state index >= 15 is 0 Å². The van der Waals surface area contributed by atoms with E-state index in [0.717, 1.165) is 32.4 Å². The van der Waals surface area contributed by atoms with Gasteiger partial charge < -0.3 is 15.2 Å². The summed E-state index contributed by atoms with van der Waals surface area (Å²) in [6.45, 7) is 1.90. The molecule has 0 saturated heterocycles. The van der Waals surface area contributed by atoms with Gasteiger partial charge in [0.25, 0.3) is 0 Å². The van der Waals surface area contributed by atoms with Gasteiger partial charge in [-0.3, -0.25) is 0 Å². The number of hydrogen-bond donors (Lipinski definition) is 2. The average Bonchev–Trinajstić information content (AvgIpc) is 2.58. The van der Waals surface area contributed by atoms with Crippen LogP contribution in [0.15, 0.2) is 0 Å². The molecule has 0 bridgehead atoms. The van der Waals surface area contributed by atoms with Crippen LogP contribution in [0.5, 0.6) is 0 Å². The van der Waals surface area contributed by atoms with Gasteiger partial charge >= 0.3 is 0 Å². The molecule has 0 aromatic heterocycles. The van der Waals surface area contributed by atoms with Crippen molar-refractivity contribution in [3.8, 4) is 0 Å². The molecule has 0 aliphatic heterocycles. The van der Waals surface area contributed by atoms with Crippen molar-refractivity contribution in [2.45, 2.75) is 50.7 Å². The highest BCUT2D eigenvalue weighted by Gasteiger charge is 2.23. The minimum absolute atomic E-state index is 0.103. The van der Waals surface area contributed by atoms with Crippen LogP contribution in [0.4, 0.5) is 0 Å². The fraction of sp³-hybridized carbons (Fsp3) is 1.00. The Bertz CT molecular complexity index is 141. The molecule has 0 spiro atoms. The van der Waals surface area contributed by atoms with Gasteiger partial charge in [0.05, 0.1) is 6.10 Å². The van der Waals surface area contributed by atoms with Gasteiger partial charge in [-0.05, 0) is 45.1 Å². The number of rotatable bonds is 7. The van der Waals surface area contributed by atoms with Gasteiger partial charge in [0, 0.05) is 19.8 Å². The van der Waals surface area contributed by atoms with E-state index in [0.29, 0.717) is 6.04 Å². The van der Waals surface area contributed by atoms with E-state index in [-0.39, 0.29) is 6.10 Å². The van der Waals surface area contributed by atoms with Crippen molar-refractivity contribution < 1.29 is 9.84 Å². The summed E-state index contributed by atoms with van der Waals surface area (Å²) in [5.74, 6) is 0. The molecule has 14 heavy (non-hydrogen) atoms. The maximum absolute atomic E-state index is 9.55. The molecule has 0 aromatic rings. The number of ether oxygens (including phenoxy) is 1. The van der Waals surface area contributed by atoms with Gasteiger partial charge in [-0.1, -0.05) is 0 Å². The Morgan fingerprint density at radius 1 is 1.29 bits per heavy atom. The molecule has 1 aliphatic carbocycles. The Balaban J connectivity index is 1.88. The van der Waals surface area contributed by atoms with E-state index in [1.54, 1.807) is 7.11 Å². The number of aliphatic hydroxyl groups is 1. The first-order chi connectivity index (χ1) is 6.84. The maximum atomic E-state index is 9.55. The molecule has 1 aliphatic rings. The van der Waals surface area contributed by atoms with Crippen LogP contribution in [-0.2, 0) is 4.74 Å². The largest absolute Gasteiger partial charge is 0.392 e. The highest BCUT2D eigenvalue weighted by molar-refractivity contribution is 4.82. The molecule has 0 heterocycles. The molecule has 2 atom stereocenters. The third-order valence-corrected chi connectivity index (χ3v) is 2.91. The molecule has 2 unspecified atom stereocenters. The molecule has 0 radical (unpaired) electrons. The van der Waals surface area contributed by atoms with Gasteiger partial charge in [0.2, 0.25) is 0 Å². The number of unbranched alkanes of at least 4 members (excludes halogenated alkanes) is 2. The quantitative estimate of drug-likeness (QED) is 0.610. The van der Waals surface area contributed by atoms with Gasteiger partial charge in [-0.2, -0.15) is 0 Å². The average molecular weight is 201 g/mol. The zero-order valence-corrected chi connectivity index (χ0v) is 9.17. The third-order valence-electron chi connectivity index (χ3n) is 2.91. The fourth-order valence-electron chi connectivity index (χ4n) is 2.01. The summed E-state index contributed by atoms with van der Waals surface area (Å²) in [6.07, 6.45) is 6.72. The second-order valence-electron chi connectivity index (χ2n) is 4.11. The number of methoxy groups -OCH3 is 1. The first kappa shape index (κ1) is 12.0. The Hall–Kier alpha value is -0.120. The second-order valence-corrected chi connectivity index (χ2v) is 4.11. The topological polar surface area (TPSA) is 41.5 Å². The van der Waals surface area contributed by atoms with Gasteiger partial charge in [0.1, 0.15) is 0 Å². The second kappa shape index (κ2) is 7.21. The van der Waals surface area contributed by atoms with Crippen molar-refractivity contribution >= 4 is 0 Å². The van der Waals surface area contributed by atoms with Crippen molar-refractivity contribution in [2.24, 2.45) is 0 Å². The molecule has 2 N–H and O–H groups in total. The van der Waals surface area contributed by atoms with E-state index in [9.17, 15) is 5.11 Å². The molecule has 0 aromatic carbocycles. The van der Waals surface area contributed by atoms with Crippen molar-refractivity contribution in [2.75, 3.05) is 20.3 Å². The first-order valence-corrected chi connectivity index (χ1v) is 5.75. The lowest BCUT2D eigenvalue weighted by Gasteiger charge is -2.15. The highest BCUT2D eigenvalue weighted by atomic mass is 16.5. The third kappa shape index (κ3) is 4.40. The Labute approximate surface area is 86.8 Å². The van der Waals surface area contributed by atoms with E-state index in [1.165, 1.54) is 19.3 Å². The normalized spacial score (nSPS) is 27.0. The molecule has 1 saturated carbocycles. The minimum Gasteiger partial charge on any atom is -0.392 e. The predicted molar refractivity (Wildman–Crippen MR) is 57.4 cm³/mol. The first-order valence-electron chi connectivity index (χ1n) is 5.75. The summed E-state index contributed by atoms with van der Waals surface area (Å²) >= 11 is 0. The van der Waals surface area contributed by atoms with Crippen molar-refractivity contribution in [1.29, 1.82) is 0 Å². The van der Waals surface area contributed by atoms with Crippen molar-refractivity contribution in [3.05, 3.63) is 0 Å². The highest BCUT2D eigenvalue weighted by Crippen LogP contribution is 2.18. The van der Waals surface area contributed by atoms with Crippen LogP contribution in [0.25, 0.3) is 0 Å². The van der Waals surface area contributed by atoms with Gasteiger partial charge in [0.15, 0.2) is 0 Å². The summed E-state index contributed by atoms with van der Waals surface area (Å²) in [5, 5.41) is 13.0. The van der Waals surface area contributed by atoms with E-state index in [2.05, 4.69) is 5.32 Å². The lowest BCUT2D eigenvalue weighted by molar-refractivity contribution is 0.148. The van der Waals surface area contributed by atoms with Crippen LogP contribution < -0.4 is 5.32 Å². The standard InChI is InChI=1S/C11H23NO2/c1-14-9-4-2-3-8-12-10-6-5-7-11(10)13/h10-13H,2-9H2,1H3. The summed E-state index contributed by atoms with van der Waals surface area (Å²) in [4.78, 5) is 0. The fourth-order valence-corrected chi connectivity index (χ4v) is 2.01. The predicted octanol–water partition coefficient (Wildman–Crippen LogP) is 1.31. The van der Waals surface area contributed by atoms with Crippen LogP contribution >= 0.6 is 0 Å². The van der Waals surface area contributed by atoms with Crippen molar-refractivity contribution in [3.63, 3.8) is 0 Å². The summed E-state index contributed by atoms with van der Waals surface area (Å²) in [6, 6.07) is 0.359. The Morgan fingerprint density at radius 3 is 2.79 bits per heavy atom. The Kier molecular flexibility index (Phi) is 6.15. The van der Waals surface area contributed by atoms with Gasteiger partial charge in [-0.15, -0.1) is 0 Å². The molecular weight excluding hydrogens is 178 g/mol. The summed E-state index contributed by atoms with van der Waals surface area (Å²) in [7, 11) is 1.74. The van der Waals surface area contributed by atoms with Crippen LogP contribution in [0, 0.1) is 0 Å². The minimum atomic E-state index is -0.103. The monoisotopic (exact) mass is 201 g/mol. The molecule has 1 fully saturated rings. The molecule has 0 amide bonds. The smallest absolute Gasteiger partial charge is 0.0693 e. The van der Waals surface area contributed by atoms with E-state index in [1.807, 2.05) is 0 Å². The Morgan fingerprint density at radius 2 is 2.14 bits per heavy atom. The zero-order chi connectivity index (χ0) is 10.2. The van der Waals surface area contributed by atoms with E-state index in [4.69, 9.17) is 4.74 Å². The zero-order valence-electron chi connectivity index (χ0n) is 9.17. The number of aliphatic hydroxyl groups excluding tert-OH is 1.